The molecule has 1 atom stereocenters. The molecule has 2 aromatic rings. The molecule has 4 nitrogen and oxygen atoms in total. The molecule has 4 rings (SSSR count). The van der Waals surface area contributed by atoms with Gasteiger partial charge in [0.2, 0.25) is 0 Å². The predicted molar refractivity (Wildman–Crippen MR) is 96.8 cm³/mol. The highest BCUT2D eigenvalue weighted by atomic mass is 19.2. The minimum atomic E-state index is -0.922. The Balaban J connectivity index is 1.41. The molecule has 0 saturated carbocycles. The first-order valence-corrected chi connectivity index (χ1v) is 9.19. The second-order valence-corrected chi connectivity index (χ2v) is 7.58. The lowest BCUT2D eigenvalue weighted by Crippen LogP contribution is -2.50. The zero-order valence-corrected chi connectivity index (χ0v) is 15.6. The van der Waals surface area contributed by atoms with E-state index in [4.69, 9.17) is 14.2 Å². The molecule has 2 fully saturated rings. The first-order valence-electron chi connectivity index (χ1n) is 9.19. The van der Waals surface area contributed by atoms with Crippen molar-refractivity contribution in [3.63, 3.8) is 0 Å². The van der Waals surface area contributed by atoms with E-state index in [0.29, 0.717) is 32.1 Å². The maximum absolute atomic E-state index is 14.0. The van der Waals surface area contributed by atoms with E-state index in [1.54, 1.807) is 6.07 Å². The van der Waals surface area contributed by atoms with Crippen molar-refractivity contribution < 1.29 is 27.4 Å². The highest BCUT2D eigenvalue weighted by Crippen LogP contribution is 2.43. The van der Waals surface area contributed by atoms with Crippen LogP contribution in [0.2, 0.25) is 0 Å². The van der Waals surface area contributed by atoms with Gasteiger partial charge in [-0.3, -0.25) is 4.90 Å². The quantitative estimate of drug-likeness (QED) is 0.750. The number of benzene rings is 2. The molecule has 0 aromatic heterocycles. The second-order valence-electron chi connectivity index (χ2n) is 7.58. The molecule has 2 saturated heterocycles. The van der Waals surface area contributed by atoms with Gasteiger partial charge in [0.1, 0.15) is 5.75 Å². The van der Waals surface area contributed by atoms with Crippen LogP contribution in [0.5, 0.6) is 11.5 Å². The molecule has 0 aliphatic carbocycles. The Hall–Kier alpha value is -2.25. The molecule has 2 aliphatic heterocycles. The third-order valence-corrected chi connectivity index (χ3v) is 5.63. The summed E-state index contributed by atoms with van der Waals surface area (Å²) in [6.07, 6.45) is 0. The maximum atomic E-state index is 14.0. The lowest BCUT2D eigenvalue weighted by atomic mass is 9.77. The number of likely N-dealkylation sites (tertiary alicyclic amines) is 1. The summed E-state index contributed by atoms with van der Waals surface area (Å²) in [6.45, 7) is 3.89. The normalized spacial score (nSPS) is 20.9. The number of nitrogens with zero attached hydrogens (tertiary/aromatic N) is 1. The van der Waals surface area contributed by atoms with Crippen LogP contribution in [0.1, 0.15) is 5.56 Å². The molecular formula is C21H22F3NO3. The van der Waals surface area contributed by atoms with Crippen LogP contribution >= 0.6 is 0 Å². The Labute approximate surface area is 161 Å². The van der Waals surface area contributed by atoms with Gasteiger partial charge in [-0.2, -0.15) is 0 Å². The van der Waals surface area contributed by atoms with Crippen LogP contribution in [-0.2, 0) is 11.3 Å². The van der Waals surface area contributed by atoms with Gasteiger partial charge in [0.25, 0.3) is 0 Å². The predicted octanol–water partition coefficient (Wildman–Crippen LogP) is 3.64. The van der Waals surface area contributed by atoms with Crippen LogP contribution in [0.25, 0.3) is 0 Å². The van der Waals surface area contributed by atoms with Gasteiger partial charge in [-0.25, -0.2) is 13.2 Å². The highest BCUT2D eigenvalue weighted by Gasteiger charge is 2.52. The minimum Gasteiger partial charge on any atom is -0.494 e. The third-order valence-electron chi connectivity index (χ3n) is 5.63. The van der Waals surface area contributed by atoms with Crippen molar-refractivity contribution >= 4 is 0 Å². The van der Waals surface area contributed by atoms with E-state index >= 15 is 0 Å². The molecule has 1 spiro atoms. The number of rotatable bonds is 6. The van der Waals surface area contributed by atoms with E-state index < -0.39 is 11.6 Å². The van der Waals surface area contributed by atoms with E-state index in [9.17, 15) is 13.2 Å². The molecular weight excluding hydrogens is 371 g/mol. The van der Waals surface area contributed by atoms with Gasteiger partial charge in [-0.05, 0) is 29.8 Å². The summed E-state index contributed by atoms with van der Waals surface area (Å²) >= 11 is 0. The Morgan fingerprint density at radius 2 is 1.89 bits per heavy atom. The van der Waals surface area contributed by atoms with E-state index in [0.717, 1.165) is 30.8 Å². The molecule has 0 radical (unpaired) electrons. The summed E-state index contributed by atoms with van der Waals surface area (Å²) < 4.78 is 56.6. The number of ether oxygens (including phenoxy) is 3. The van der Waals surface area contributed by atoms with Gasteiger partial charge in [0.15, 0.2) is 23.2 Å². The second kappa shape index (κ2) is 7.64. The molecule has 2 aliphatic rings. The summed E-state index contributed by atoms with van der Waals surface area (Å²) in [4.78, 5) is 2.25. The van der Waals surface area contributed by atoms with Gasteiger partial charge in [-0.15, -0.1) is 0 Å². The van der Waals surface area contributed by atoms with E-state index in [1.165, 1.54) is 19.2 Å². The molecule has 0 bridgehead atoms. The largest absolute Gasteiger partial charge is 0.494 e. The third kappa shape index (κ3) is 3.69. The SMILES string of the molecule is COc1ccc(CN2CC(COc3ccc(F)c(F)c3)C3(COC3)C2)cc1F. The lowest BCUT2D eigenvalue weighted by Gasteiger charge is -2.42. The summed E-state index contributed by atoms with van der Waals surface area (Å²) in [6, 6.07) is 8.53. The zero-order chi connectivity index (χ0) is 19.7. The molecule has 0 N–H and O–H groups in total. The van der Waals surface area contributed by atoms with Crippen LogP contribution in [-0.4, -0.2) is 44.9 Å². The van der Waals surface area contributed by atoms with Crippen LogP contribution in [0, 0.1) is 28.8 Å². The number of hydrogen-bond acceptors (Lipinski definition) is 4. The number of hydrogen-bond donors (Lipinski definition) is 0. The Morgan fingerprint density at radius 1 is 1.07 bits per heavy atom. The van der Waals surface area contributed by atoms with Crippen LogP contribution in [0.4, 0.5) is 13.2 Å². The fraction of sp³-hybridized carbons (Fsp3) is 0.429. The van der Waals surface area contributed by atoms with Crippen LogP contribution in [0.3, 0.4) is 0 Å². The Kier molecular flexibility index (Phi) is 5.21. The van der Waals surface area contributed by atoms with Gasteiger partial charge >= 0.3 is 0 Å². The Bertz CT molecular complexity index is 857. The molecule has 2 heterocycles. The minimum absolute atomic E-state index is 0.0103. The van der Waals surface area contributed by atoms with Crippen molar-refractivity contribution in [3.05, 3.63) is 59.4 Å². The van der Waals surface area contributed by atoms with E-state index in [2.05, 4.69) is 4.90 Å². The summed E-state index contributed by atoms with van der Waals surface area (Å²) in [7, 11) is 1.44. The summed E-state index contributed by atoms with van der Waals surface area (Å²) in [5.74, 6) is -1.46. The average Bonchev–Trinajstić information content (AvgIpc) is 3.02. The van der Waals surface area contributed by atoms with Gasteiger partial charge in [0.05, 0.1) is 26.9 Å². The van der Waals surface area contributed by atoms with Crippen molar-refractivity contribution in [1.29, 1.82) is 0 Å². The Morgan fingerprint density at radius 3 is 2.54 bits per heavy atom. The summed E-state index contributed by atoms with van der Waals surface area (Å²) in [5.41, 5.74) is 0.861. The topological polar surface area (TPSA) is 30.9 Å². The zero-order valence-electron chi connectivity index (χ0n) is 15.6. The van der Waals surface area contributed by atoms with Crippen molar-refractivity contribution in [2.24, 2.45) is 11.3 Å². The molecule has 150 valence electrons. The summed E-state index contributed by atoms with van der Waals surface area (Å²) in [5, 5.41) is 0. The van der Waals surface area contributed by atoms with Crippen molar-refractivity contribution in [1.82, 2.24) is 4.90 Å². The van der Waals surface area contributed by atoms with Gasteiger partial charge in [0, 0.05) is 37.0 Å². The number of methoxy groups -OCH3 is 1. The van der Waals surface area contributed by atoms with Crippen LogP contribution in [0.15, 0.2) is 36.4 Å². The lowest BCUT2D eigenvalue weighted by molar-refractivity contribution is -0.133. The molecule has 1 unspecified atom stereocenters. The van der Waals surface area contributed by atoms with Crippen molar-refractivity contribution in [2.75, 3.05) is 40.0 Å². The maximum Gasteiger partial charge on any atom is 0.165 e. The standard InChI is InChI=1S/C21H22F3NO3/c1-26-20-5-2-14(6-19(20)24)8-25-9-15(21(11-25)12-27-13-21)10-28-16-3-4-17(22)18(23)7-16/h2-7,15H,8-13H2,1H3. The fourth-order valence-corrected chi connectivity index (χ4v) is 4.02. The van der Waals surface area contributed by atoms with E-state index in [-0.39, 0.29) is 22.9 Å². The highest BCUT2D eigenvalue weighted by molar-refractivity contribution is 5.29. The van der Waals surface area contributed by atoms with Crippen molar-refractivity contribution in [2.45, 2.75) is 6.54 Å². The van der Waals surface area contributed by atoms with Gasteiger partial charge in [-0.1, -0.05) is 6.07 Å². The molecule has 2 aromatic carbocycles. The van der Waals surface area contributed by atoms with E-state index in [1.807, 2.05) is 6.07 Å². The number of halogens is 3. The molecule has 28 heavy (non-hydrogen) atoms. The van der Waals surface area contributed by atoms with Crippen molar-refractivity contribution in [3.8, 4) is 11.5 Å². The fourth-order valence-electron chi connectivity index (χ4n) is 4.02. The average molecular weight is 393 g/mol. The van der Waals surface area contributed by atoms with Gasteiger partial charge < -0.3 is 14.2 Å². The molecule has 7 heteroatoms. The first kappa shape index (κ1) is 19.1. The monoisotopic (exact) mass is 393 g/mol. The smallest absolute Gasteiger partial charge is 0.165 e. The van der Waals surface area contributed by atoms with Crippen LogP contribution < -0.4 is 9.47 Å². The first-order chi connectivity index (χ1) is 13.5. The molecule has 0 amide bonds.